The number of sulfonamides is 1. The highest BCUT2D eigenvalue weighted by atomic mass is 32.2. The fourth-order valence-electron chi connectivity index (χ4n) is 8.44. The normalized spacial score (nSPS) is 24.3. The zero-order chi connectivity index (χ0) is 41.6. The van der Waals surface area contributed by atoms with Crippen LogP contribution in [0.1, 0.15) is 72.1 Å². The van der Waals surface area contributed by atoms with E-state index in [0.717, 1.165) is 5.56 Å². The summed E-state index contributed by atoms with van der Waals surface area (Å²) >= 11 is 0. The van der Waals surface area contributed by atoms with Gasteiger partial charge in [-0.25, -0.2) is 17.8 Å². The van der Waals surface area contributed by atoms with Crippen LogP contribution in [0.15, 0.2) is 67.3 Å². The van der Waals surface area contributed by atoms with Crippen LogP contribution in [-0.4, -0.2) is 97.0 Å². The van der Waals surface area contributed by atoms with Crippen LogP contribution in [0.3, 0.4) is 0 Å². The number of Topliss-reactive ketones (excluding diaryl/α,β-unsaturated/α-hetero) is 1. The average Bonchev–Trinajstić information content (AvgIpc) is 4.13. The number of piperidine rings is 1. The number of ether oxygens (including phenoxy) is 2. The number of carbonyl (C=O) groups excluding carboxylic acids is 4. The Kier molecular flexibility index (Phi) is 11.4. The SMILES string of the molecule is C=C[C@@H]1C[C@]1(CC(=O)[C@@H]1C[C@@H](Oc2cc(-c3ccccc3)nc3cc(OC)ccc23)CN1C(=O)[C@@H](CC(=O)N1CCC(F)CC1)C(C)(C)C)C(=O)NS(=O)(=O)C1CC1. The number of benzene rings is 2. The molecule has 3 aromatic rings. The number of aromatic nitrogens is 1. The van der Waals surface area contributed by atoms with Crippen LogP contribution in [0.25, 0.3) is 22.2 Å². The highest BCUT2D eigenvalue weighted by Crippen LogP contribution is 2.57. The van der Waals surface area contributed by atoms with E-state index in [4.69, 9.17) is 14.5 Å². The van der Waals surface area contributed by atoms with Gasteiger partial charge in [0.2, 0.25) is 27.7 Å². The monoisotopic (exact) mass is 816 g/mol. The third kappa shape index (κ3) is 8.62. The van der Waals surface area contributed by atoms with Crippen molar-refractivity contribution < 1.29 is 41.5 Å². The van der Waals surface area contributed by atoms with Crippen LogP contribution in [-0.2, 0) is 29.2 Å². The minimum atomic E-state index is -3.88. The molecule has 5 atom stereocenters. The van der Waals surface area contributed by atoms with Crippen molar-refractivity contribution >= 4 is 44.4 Å². The molecule has 3 amide bonds. The van der Waals surface area contributed by atoms with E-state index in [9.17, 15) is 32.0 Å². The summed E-state index contributed by atoms with van der Waals surface area (Å²) < 4.78 is 54.1. The van der Waals surface area contributed by atoms with E-state index >= 15 is 0 Å². The van der Waals surface area contributed by atoms with Gasteiger partial charge < -0.3 is 19.3 Å². The van der Waals surface area contributed by atoms with Crippen LogP contribution in [0.2, 0.25) is 0 Å². The first-order valence-corrected chi connectivity index (χ1v) is 21.7. The highest BCUT2D eigenvalue weighted by molar-refractivity contribution is 7.90. The molecule has 0 unspecified atom stereocenters. The summed E-state index contributed by atoms with van der Waals surface area (Å²) in [7, 11) is -2.31. The first kappa shape index (κ1) is 41.3. The molecule has 0 radical (unpaired) electrons. The molecule has 4 fully saturated rings. The van der Waals surface area contributed by atoms with Crippen molar-refractivity contribution in [3.63, 3.8) is 0 Å². The van der Waals surface area contributed by atoms with Gasteiger partial charge in [0.05, 0.1) is 47.5 Å². The molecule has 7 rings (SSSR count). The van der Waals surface area contributed by atoms with Gasteiger partial charge in [0.15, 0.2) is 5.78 Å². The minimum Gasteiger partial charge on any atom is -0.497 e. The summed E-state index contributed by atoms with van der Waals surface area (Å²) in [4.78, 5) is 64.9. The number of alkyl halides is 1. The molecule has 2 saturated carbocycles. The number of carbonyl (C=O) groups is 4. The predicted molar refractivity (Wildman–Crippen MR) is 217 cm³/mol. The molecule has 58 heavy (non-hydrogen) atoms. The second-order valence-electron chi connectivity index (χ2n) is 17.4. The quantitative estimate of drug-likeness (QED) is 0.192. The number of hydrogen-bond donors (Lipinski definition) is 1. The second kappa shape index (κ2) is 16.1. The van der Waals surface area contributed by atoms with Crippen molar-refractivity contribution in [1.29, 1.82) is 0 Å². The maximum absolute atomic E-state index is 14.9. The zero-order valence-electron chi connectivity index (χ0n) is 33.6. The predicted octanol–water partition coefficient (Wildman–Crippen LogP) is 6.03. The lowest BCUT2D eigenvalue weighted by Crippen LogP contribution is -2.49. The molecule has 12 nitrogen and oxygen atoms in total. The molecule has 2 saturated heterocycles. The summed E-state index contributed by atoms with van der Waals surface area (Å²) in [5.74, 6) is -1.94. The number of allylic oxidation sites excluding steroid dienone is 1. The second-order valence-corrected chi connectivity index (χ2v) is 19.4. The number of pyridine rings is 1. The summed E-state index contributed by atoms with van der Waals surface area (Å²) in [6.07, 6.45) is 1.27. The van der Waals surface area contributed by atoms with Crippen molar-refractivity contribution in [2.24, 2.45) is 22.7 Å². The Balaban J connectivity index is 1.21. The maximum atomic E-state index is 14.9. The fourth-order valence-corrected chi connectivity index (χ4v) is 9.83. The van der Waals surface area contributed by atoms with Gasteiger partial charge in [-0.2, -0.15) is 0 Å². The number of likely N-dealkylation sites (tertiary alicyclic amines) is 2. The molecule has 3 heterocycles. The standard InChI is InChI=1S/C44H53FN4O8S/c1-6-28-24-44(28,42(53)47-58(54,55)32-13-14-32)25-38(50)37-21-31(26-49(37)41(52)34(43(2,3)4)22-40(51)48-18-16-29(45)17-19-48)57-39-23-35(27-10-8-7-9-11-27)46-36-20-30(56-5)12-15-33(36)39/h6-12,15,20,23,28-29,31-32,34,37H,1,13-14,16-19,21-22,24-26H2,2-5H3,(H,47,53)/t28-,31-,34-,37+,44-/m1/s1. The van der Waals surface area contributed by atoms with E-state index in [0.29, 0.717) is 40.9 Å². The van der Waals surface area contributed by atoms with E-state index in [1.165, 1.54) is 4.90 Å². The van der Waals surface area contributed by atoms with Crippen molar-refractivity contribution in [2.45, 2.75) is 95.7 Å². The first-order valence-electron chi connectivity index (χ1n) is 20.2. The van der Waals surface area contributed by atoms with Crippen LogP contribution in [0.4, 0.5) is 4.39 Å². The Morgan fingerprint density at radius 3 is 2.38 bits per heavy atom. The lowest BCUT2D eigenvalue weighted by molar-refractivity contribution is -0.148. The lowest BCUT2D eigenvalue weighted by Gasteiger charge is -2.37. The third-order valence-corrected chi connectivity index (χ3v) is 14.1. The van der Waals surface area contributed by atoms with E-state index in [-0.39, 0.29) is 64.1 Å². The van der Waals surface area contributed by atoms with Gasteiger partial charge in [0.1, 0.15) is 23.8 Å². The number of rotatable bonds is 14. The van der Waals surface area contributed by atoms with Gasteiger partial charge >= 0.3 is 0 Å². The Morgan fingerprint density at radius 2 is 1.76 bits per heavy atom. The molecule has 0 spiro atoms. The van der Waals surface area contributed by atoms with Crippen molar-refractivity contribution in [1.82, 2.24) is 19.5 Å². The summed E-state index contributed by atoms with van der Waals surface area (Å²) in [5, 5.41) is 0.0711. The maximum Gasteiger partial charge on any atom is 0.240 e. The van der Waals surface area contributed by atoms with Crippen molar-refractivity contribution in [2.75, 3.05) is 26.7 Å². The number of nitrogens with zero attached hydrogens (tertiary/aromatic N) is 3. The van der Waals surface area contributed by atoms with E-state index in [1.54, 1.807) is 24.2 Å². The Hall–Kier alpha value is -4.85. The van der Waals surface area contributed by atoms with Crippen LogP contribution < -0.4 is 14.2 Å². The lowest BCUT2D eigenvalue weighted by atomic mass is 9.77. The molecule has 14 heteroatoms. The minimum absolute atomic E-state index is 0.0179. The Bertz CT molecular complexity index is 2200. The van der Waals surface area contributed by atoms with Crippen LogP contribution >= 0.6 is 0 Å². The first-order chi connectivity index (χ1) is 27.5. The Morgan fingerprint density at radius 1 is 1.05 bits per heavy atom. The molecule has 2 aliphatic carbocycles. The number of methoxy groups -OCH3 is 1. The van der Waals surface area contributed by atoms with Crippen molar-refractivity contribution in [3.8, 4) is 22.8 Å². The molecule has 310 valence electrons. The third-order valence-electron chi connectivity index (χ3n) is 12.3. The molecule has 0 bridgehead atoms. The number of fused-ring (bicyclic) bond motifs is 1. The topological polar surface area (TPSA) is 152 Å². The molecular formula is C44H53FN4O8S. The fraction of sp³-hybridized carbons (Fsp3) is 0.523. The molecule has 4 aliphatic rings. The number of hydrogen-bond acceptors (Lipinski definition) is 9. The molecule has 1 aromatic heterocycles. The average molecular weight is 817 g/mol. The van der Waals surface area contributed by atoms with Gasteiger partial charge in [-0.05, 0) is 55.6 Å². The van der Waals surface area contributed by atoms with Gasteiger partial charge in [0.25, 0.3) is 0 Å². The number of ketones is 1. The number of nitrogens with one attached hydrogen (secondary N) is 1. The van der Waals surface area contributed by atoms with Crippen LogP contribution in [0, 0.1) is 22.7 Å². The number of halogens is 1. The summed E-state index contributed by atoms with van der Waals surface area (Å²) in [6.45, 7) is 10.0. The molecular weight excluding hydrogens is 764 g/mol. The molecule has 2 aromatic carbocycles. The largest absolute Gasteiger partial charge is 0.497 e. The van der Waals surface area contributed by atoms with Gasteiger partial charge in [0, 0.05) is 55.4 Å². The van der Waals surface area contributed by atoms with Crippen molar-refractivity contribution in [3.05, 3.63) is 67.3 Å². The van der Waals surface area contributed by atoms with E-state index in [2.05, 4.69) is 11.3 Å². The van der Waals surface area contributed by atoms with E-state index < -0.39 is 73.9 Å². The van der Waals surface area contributed by atoms with Crippen LogP contribution in [0.5, 0.6) is 11.5 Å². The van der Waals surface area contributed by atoms with Gasteiger partial charge in [-0.3, -0.25) is 23.9 Å². The van der Waals surface area contributed by atoms with Gasteiger partial charge in [-0.1, -0.05) is 57.2 Å². The summed E-state index contributed by atoms with van der Waals surface area (Å²) in [6, 6.07) is 15.9. The smallest absolute Gasteiger partial charge is 0.240 e. The zero-order valence-corrected chi connectivity index (χ0v) is 34.4. The number of amides is 3. The Labute approximate surface area is 339 Å². The van der Waals surface area contributed by atoms with E-state index in [1.807, 2.05) is 69.3 Å². The van der Waals surface area contributed by atoms with Gasteiger partial charge in [-0.15, -0.1) is 6.58 Å². The molecule has 1 N–H and O–H groups in total. The molecule has 2 aliphatic heterocycles. The summed E-state index contributed by atoms with van der Waals surface area (Å²) in [5.41, 5.74) is 0.106. The highest BCUT2D eigenvalue weighted by Gasteiger charge is 2.61.